The van der Waals surface area contributed by atoms with E-state index in [1.54, 1.807) is 6.07 Å². The Hall–Kier alpha value is -1.82. The molecule has 0 saturated carbocycles. The van der Waals surface area contributed by atoms with Crippen molar-refractivity contribution in [3.05, 3.63) is 58.4 Å². The number of rotatable bonds is 9. The Morgan fingerprint density at radius 1 is 1.12 bits per heavy atom. The van der Waals surface area contributed by atoms with Crippen LogP contribution in [0.15, 0.2) is 36.4 Å². The van der Waals surface area contributed by atoms with Gasteiger partial charge in [0.05, 0.1) is 18.2 Å². The van der Waals surface area contributed by atoms with Gasteiger partial charge in [-0.2, -0.15) is 0 Å². The molecule has 2 N–H and O–H groups in total. The molecule has 0 aliphatic heterocycles. The fourth-order valence-electron chi connectivity index (χ4n) is 2.16. The summed E-state index contributed by atoms with van der Waals surface area (Å²) in [5, 5.41) is 12.2. The van der Waals surface area contributed by atoms with Gasteiger partial charge in [-0.1, -0.05) is 23.7 Å². The van der Waals surface area contributed by atoms with Crippen molar-refractivity contribution >= 4 is 11.6 Å². The van der Waals surface area contributed by atoms with E-state index in [0.717, 1.165) is 5.56 Å². The summed E-state index contributed by atoms with van der Waals surface area (Å²) in [4.78, 5) is 0. The van der Waals surface area contributed by atoms with Crippen LogP contribution in [0.2, 0.25) is 5.02 Å². The van der Waals surface area contributed by atoms with Gasteiger partial charge in [-0.3, -0.25) is 0 Å². The summed E-state index contributed by atoms with van der Waals surface area (Å²) in [6.45, 7) is 3.90. The molecule has 6 heteroatoms. The maximum absolute atomic E-state index is 13.1. The molecule has 4 nitrogen and oxygen atoms in total. The molecule has 0 radical (unpaired) electrons. The van der Waals surface area contributed by atoms with Crippen molar-refractivity contribution in [3.8, 4) is 11.5 Å². The smallest absolute Gasteiger partial charge is 0.161 e. The summed E-state index contributed by atoms with van der Waals surface area (Å²) in [5.74, 6) is 0.862. The van der Waals surface area contributed by atoms with Crippen LogP contribution in [0.3, 0.4) is 0 Å². The summed E-state index contributed by atoms with van der Waals surface area (Å²) in [6, 6.07) is 9.87. The summed E-state index contributed by atoms with van der Waals surface area (Å²) < 4.78 is 24.5. The number of aliphatic hydroxyl groups excluding tert-OH is 1. The van der Waals surface area contributed by atoms with Crippen molar-refractivity contribution < 1.29 is 19.0 Å². The Morgan fingerprint density at radius 3 is 2.67 bits per heavy atom. The van der Waals surface area contributed by atoms with Gasteiger partial charge in [0.2, 0.25) is 0 Å². The highest BCUT2D eigenvalue weighted by Crippen LogP contribution is 2.30. The average molecular weight is 354 g/mol. The van der Waals surface area contributed by atoms with Crippen LogP contribution in [0.1, 0.15) is 18.1 Å². The molecule has 0 saturated heterocycles. The quantitative estimate of drug-likeness (QED) is 0.677. The Kier molecular flexibility index (Phi) is 7.31. The molecule has 0 aliphatic rings. The fraction of sp³-hybridized carbons (Fsp3) is 0.333. The van der Waals surface area contributed by atoms with Crippen LogP contribution in [0.4, 0.5) is 4.39 Å². The lowest BCUT2D eigenvalue weighted by atomic mass is 10.2. The van der Waals surface area contributed by atoms with E-state index >= 15 is 0 Å². The first-order valence-corrected chi connectivity index (χ1v) is 8.16. The Labute approximate surface area is 146 Å². The Bertz CT molecular complexity index is 667. The molecule has 0 aromatic heterocycles. The second-order valence-electron chi connectivity index (χ2n) is 5.14. The molecular weight excluding hydrogens is 333 g/mol. The van der Waals surface area contributed by atoms with Gasteiger partial charge in [-0.05, 0) is 36.8 Å². The van der Waals surface area contributed by atoms with Crippen molar-refractivity contribution in [3.63, 3.8) is 0 Å². The lowest BCUT2D eigenvalue weighted by Crippen LogP contribution is -2.17. The largest absolute Gasteiger partial charge is 0.490 e. The van der Waals surface area contributed by atoms with Crippen molar-refractivity contribution in [2.75, 3.05) is 19.8 Å². The SMILES string of the molecule is CCOc1cc(CNCCO)ccc1OCc1ccc(F)cc1Cl. The van der Waals surface area contributed by atoms with Crippen LogP contribution in [-0.4, -0.2) is 24.9 Å². The Morgan fingerprint density at radius 2 is 1.96 bits per heavy atom. The molecule has 0 heterocycles. The van der Waals surface area contributed by atoms with Crippen LogP contribution in [0, 0.1) is 5.82 Å². The van der Waals surface area contributed by atoms with Gasteiger partial charge < -0.3 is 19.9 Å². The first kappa shape index (κ1) is 18.5. The minimum Gasteiger partial charge on any atom is -0.490 e. The highest BCUT2D eigenvalue weighted by Gasteiger charge is 2.09. The van der Waals surface area contributed by atoms with E-state index in [2.05, 4.69) is 5.32 Å². The monoisotopic (exact) mass is 353 g/mol. The number of hydrogen-bond acceptors (Lipinski definition) is 4. The number of hydrogen-bond donors (Lipinski definition) is 2. The maximum atomic E-state index is 13.1. The van der Waals surface area contributed by atoms with E-state index in [0.29, 0.717) is 41.8 Å². The van der Waals surface area contributed by atoms with Crippen molar-refractivity contribution in [2.24, 2.45) is 0 Å². The van der Waals surface area contributed by atoms with E-state index < -0.39 is 0 Å². The molecule has 24 heavy (non-hydrogen) atoms. The number of nitrogens with one attached hydrogen (secondary N) is 1. The number of benzene rings is 2. The number of ether oxygens (including phenoxy) is 2. The van der Waals surface area contributed by atoms with Gasteiger partial charge in [-0.15, -0.1) is 0 Å². The van der Waals surface area contributed by atoms with E-state index in [-0.39, 0.29) is 19.0 Å². The lowest BCUT2D eigenvalue weighted by Gasteiger charge is -2.14. The minimum absolute atomic E-state index is 0.0952. The van der Waals surface area contributed by atoms with E-state index in [4.69, 9.17) is 26.2 Å². The molecule has 0 aliphatic carbocycles. The first-order valence-electron chi connectivity index (χ1n) is 7.78. The zero-order chi connectivity index (χ0) is 17.4. The standard InChI is InChI=1S/C18H21ClFNO3/c1-2-23-18-9-13(11-21-7-8-22)3-6-17(18)24-12-14-4-5-15(20)10-16(14)19/h3-6,9-10,21-22H,2,7-8,11-12H2,1H3. The summed E-state index contributed by atoms with van der Waals surface area (Å²) in [5.41, 5.74) is 1.73. The Balaban J connectivity index is 2.07. The molecule has 0 fully saturated rings. The van der Waals surface area contributed by atoms with Crippen molar-refractivity contribution in [2.45, 2.75) is 20.1 Å². The molecular formula is C18H21ClFNO3. The third-order valence-corrected chi connectivity index (χ3v) is 3.68. The molecule has 0 amide bonds. The molecule has 130 valence electrons. The van der Waals surface area contributed by atoms with E-state index in [1.807, 2.05) is 25.1 Å². The first-order chi connectivity index (χ1) is 11.6. The molecule has 0 unspecified atom stereocenters. The fourth-order valence-corrected chi connectivity index (χ4v) is 2.38. The normalized spacial score (nSPS) is 10.7. The molecule has 0 spiro atoms. The number of halogens is 2. The summed E-state index contributed by atoms with van der Waals surface area (Å²) in [7, 11) is 0. The predicted molar refractivity (Wildman–Crippen MR) is 92.1 cm³/mol. The van der Waals surface area contributed by atoms with Gasteiger partial charge in [-0.25, -0.2) is 4.39 Å². The van der Waals surface area contributed by atoms with Gasteiger partial charge in [0.1, 0.15) is 12.4 Å². The molecule has 2 rings (SSSR count). The zero-order valence-electron chi connectivity index (χ0n) is 13.5. The second kappa shape index (κ2) is 9.47. The lowest BCUT2D eigenvalue weighted by molar-refractivity contribution is 0.269. The zero-order valence-corrected chi connectivity index (χ0v) is 14.3. The van der Waals surface area contributed by atoms with Crippen LogP contribution < -0.4 is 14.8 Å². The van der Waals surface area contributed by atoms with Gasteiger partial charge in [0.15, 0.2) is 11.5 Å². The topological polar surface area (TPSA) is 50.7 Å². The van der Waals surface area contributed by atoms with Crippen LogP contribution >= 0.6 is 11.6 Å². The number of aliphatic hydroxyl groups is 1. The average Bonchev–Trinajstić information content (AvgIpc) is 2.56. The highest BCUT2D eigenvalue weighted by atomic mass is 35.5. The molecule has 2 aromatic rings. The highest BCUT2D eigenvalue weighted by molar-refractivity contribution is 6.31. The second-order valence-corrected chi connectivity index (χ2v) is 5.55. The van der Waals surface area contributed by atoms with Crippen molar-refractivity contribution in [1.29, 1.82) is 0 Å². The molecule has 0 bridgehead atoms. The summed E-state index contributed by atoms with van der Waals surface area (Å²) in [6.07, 6.45) is 0. The van der Waals surface area contributed by atoms with Crippen molar-refractivity contribution in [1.82, 2.24) is 5.32 Å². The maximum Gasteiger partial charge on any atom is 0.161 e. The van der Waals surface area contributed by atoms with Crippen LogP contribution in [0.25, 0.3) is 0 Å². The van der Waals surface area contributed by atoms with Crippen LogP contribution in [-0.2, 0) is 13.2 Å². The third-order valence-electron chi connectivity index (χ3n) is 3.32. The van der Waals surface area contributed by atoms with E-state index in [1.165, 1.54) is 12.1 Å². The van der Waals surface area contributed by atoms with Gasteiger partial charge >= 0.3 is 0 Å². The van der Waals surface area contributed by atoms with Gasteiger partial charge in [0.25, 0.3) is 0 Å². The third kappa shape index (κ3) is 5.37. The summed E-state index contributed by atoms with van der Waals surface area (Å²) >= 11 is 6.01. The van der Waals surface area contributed by atoms with E-state index in [9.17, 15) is 4.39 Å². The van der Waals surface area contributed by atoms with Crippen LogP contribution in [0.5, 0.6) is 11.5 Å². The molecule has 0 atom stereocenters. The minimum atomic E-state index is -0.376. The predicted octanol–water partition coefficient (Wildman–Crippen LogP) is 3.54. The van der Waals surface area contributed by atoms with Gasteiger partial charge in [0, 0.05) is 18.7 Å². The molecule has 2 aromatic carbocycles.